The molecule has 42 heavy (non-hydrogen) atoms. The fraction of sp³-hybridized carbons (Fsp3) is 0. The van der Waals surface area contributed by atoms with Crippen molar-refractivity contribution in [3.63, 3.8) is 0 Å². The first-order chi connectivity index (χ1) is 20.8. The lowest BCUT2D eigenvalue weighted by molar-refractivity contribution is 1.31. The van der Waals surface area contributed by atoms with E-state index < -0.39 is 0 Å². The number of fused-ring (bicyclic) bond motifs is 4. The maximum Gasteiger partial charge on any atom is 0.0964 e. The molecule has 0 saturated heterocycles. The molecule has 0 fully saturated rings. The molecular formula is C38H24N4. The van der Waals surface area contributed by atoms with Gasteiger partial charge in [-0.1, -0.05) is 91.0 Å². The zero-order valence-corrected chi connectivity index (χ0v) is 22.6. The van der Waals surface area contributed by atoms with E-state index in [1.165, 1.54) is 11.1 Å². The van der Waals surface area contributed by atoms with E-state index in [1.54, 1.807) is 0 Å². The van der Waals surface area contributed by atoms with E-state index in [9.17, 15) is 0 Å². The Hall–Kier alpha value is -5.74. The van der Waals surface area contributed by atoms with Crippen LogP contribution in [0.3, 0.4) is 0 Å². The quantitative estimate of drug-likeness (QED) is 0.210. The van der Waals surface area contributed by atoms with Crippen LogP contribution in [0, 0.1) is 0 Å². The molecule has 4 aromatic heterocycles. The second-order valence-electron chi connectivity index (χ2n) is 10.4. The molecular weight excluding hydrogens is 512 g/mol. The average Bonchev–Trinajstić information content (AvgIpc) is 3.08. The van der Waals surface area contributed by atoms with E-state index in [1.807, 2.05) is 43.0 Å². The van der Waals surface area contributed by atoms with Crippen molar-refractivity contribution in [3.8, 4) is 44.6 Å². The summed E-state index contributed by atoms with van der Waals surface area (Å²) in [6.07, 6.45) is 7.53. The molecule has 4 heterocycles. The van der Waals surface area contributed by atoms with Gasteiger partial charge in [0.25, 0.3) is 0 Å². The molecule has 0 radical (unpaired) electrons. The predicted octanol–water partition coefficient (Wildman–Crippen LogP) is 9.39. The van der Waals surface area contributed by atoms with Crippen molar-refractivity contribution in [1.82, 2.24) is 19.9 Å². The Balaban J connectivity index is 1.27. The van der Waals surface area contributed by atoms with Gasteiger partial charge in [-0.05, 0) is 47.0 Å². The lowest BCUT2D eigenvalue weighted by atomic mass is 9.94. The molecule has 0 aliphatic rings. The second kappa shape index (κ2) is 10.0. The largest absolute Gasteiger partial charge is 0.256 e. The lowest BCUT2D eigenvalue weighted by Crippen LogP contribution is -1.93. The van der Waals surface area contributed by atoms with Crippen molar-refractivity contribution in [3.05, 3.63) is 146 Å². The summed E-state index contributed by atoms with van der Waals surface area (Å²) in [4.78, 5) is 19.1. The summed E-state index contributed by atoms with van der Waals surface area (Å²) >= 11 is 0. The molecule has 4 nitrogen and oxygen atoms in total. The van der Waals surface area contributed by atoms with Crippen LogP contribution in [0.5, 0.6) is 0 Å². The van der Waals surface area contributed by atoms with Crippen LogP contribution in [0.4, 0.5) is 0 Å². The molecule has 0 amide bonds. The highest BCUT2D eigenvalue weighted by Gasteiger charge is 2.14. The van der Waals surface area contributed by atoms with E-state index >= 15 is 0 Å². The van der Waals surface area contributed by atoms with Crippen LogP contribution in [0.25, 0.3) is 77.3 Å². The molecule has 0 N–H and O–H groups in total. The minimum Gasteiger partial charge on any atom is -0.256 e. The van der Waals surface area contributed by atoms with Gasteiger partial charge in [-0.2, -0.15) is 0 Å². The van der Waals surface area contributed by atoms with Gasteiger partial charge in [0, 0.05) is 63.2 Å². The highest BCUT2D eigenvalue weighted by atomic mass is 14.7. The lowest BCUT2D eigenvalue weighted by Gasteiger charge is -2.14. The topological polar surface area (TPSA) is 51.6 Å². The SMILES string of the molecule is c1ccc(-c2ccc(-c3ncc(-c4cnc5c(ccc6cccnc65)c4)cc3-c3ccc4cccnc4c3)cc2)cc1. The van der Waals surface area contributed by atoms with Crippen molar-refractivity contribution >= 4 is 32.7 Å². The van der Waals surface area contributed by atoms with Crippen molar-refractivity contribution in [1.29, 1.82) is 0 Å². The number of hydrogen-bond acceptors (Lipinski definition) is 4. The Labute approximate surface area is 243 Å². The molecule has 8 aromatic rings. The molecule has 0 unspecified atom stereocenters. The molecule has 196 valence electrons. The number of nitrogens with zero attached hydrogens (tertiary/aromatic N) is 4. The van der Waals surface area contributed by atoms with Crippen molar-refractivity contribution < 1.29 is 0 Å². The standard InChI is InChI=1S/C38H24N4/c1-2-6-25(7-3-1)26-10-13-29(14-11-26)36-34(30-16-12-27-8-4-18-39-35(27)22-30)21-33(24-41-36)32-20-31-17-15-28-9-5-19-40-37(28)38(31)42-23-32/h1-24H. The summed E-state index contributed by atoms with van der Waals surface area (Å²) in [6, 6.07) is 42.2. The van der Waals surface area contributed by atoms with Gasteiger partial charge < -0.3 is 0 Å². The highest BCUT2D eigenvalue weighted by molar-refractivity contribution is 6.03. The van der Waals surface area contributed by atoms with Crippen LogP contribution in [0.2, 0.25) is 0 Å². The normalized spacial score (nSPS) is 11.3. The summed E-state index contributed by atoms with van der Waals surface area (Å²) in [5.41, 5.74) is 11.3. The third kappa shape index (κ3) is 4.27. The highest BCUT2D eigenvalue weighted by Crippen LogP contribution is 2.36. The fourth-order valence-corrected chi connectivity index (χ4v) is 5.65. The van der Waals surface area contributed by atoms with E-state index in [4.69, 9.17) is 9.97 Å². The molecule has 0 atom stereocenters. The van der Waals surface area contributed by atoms with Crippen molar-refractivity contribution in [2.45, 2.75) is 0 Å². The second-order valence-corrected chi connectivity index (χ2v) is 10.4. The first-order valence-electron chi connectivity index (χ1n) is 14.0. The Morgan fingerprint density at radius 2 is 1.00 bits per heavy atom. The monoisotopic (exact) mass is 536 g/mol. The summed E-state index contributed by atoms with van der Waals surface area (Å²) in [6.45, 7) is 0. The third-order valence-corrected chi connectivity index (χ3v) is 7.83. The predicted molar refractivity (Wildman–Crippen MR) is 172 cm³/mol. The Morgan fingerprint density at radius 1 is 0.357 bits per heavy atom. The van der Waals surface area contributed by atoms with Gasteiger partial charge in [-0.3, -0.25) is 19.9 Å². The van der Waals surface area contributed by atoms with Crippen molar-refractivity contribution in [2.24, 2.45) is 0 Å². The number of hydrogen-bond donors (Lipinski definition) is 0. The van der Waals surface area contributed by atoms with Gasteiger partial charge in [-0.15, -0.1) is 0 Å². The molecule has 8 rings (SSSR count). The van der Waals surface area contributed by atoms with Crippen LogP contribution in [-0.2, 0) is 0 Å². The maximum absolute atomic E-state index is 5.05. The van der Waals surface area contributed by atoms with Gasteiger partial charge in [0.1, 0.15) is 0 Å². The zero-order chi connectivity index (χ0) is 27.9. The molecule has 0 bridgehead atoms. The van der Waals surface area contributed by atoms with Crippen LogP contribution < -0.4 is 0 Å². The summed E-state index contributed by atoms with van der Waals surface area (Å²) < 4.78 is 0. The smallest absolute Gasteiger partial charge is 0.0964 e. The molecule has 4 heteroatoms. The van der Waals surface area contributed by atoms with Gasteiger partial charge in [0.2, 0.25) is 0 Å². The minimum absolute atomic E-state index is 0.903. The van der Waals surface area contributed by atoms with E-state index in [2.05, 4.69) is 113 Å². The van der Waals surface area contributed by atoms with Gasteiger partial charge >= 0.3 is 0 Å². The maximum atomic E-state index is 5.05. The number of benzene rings is 4. The Kier molecular flexibility index (Phi) is 5.75. The minimum atomic E-state index is 0.903. The van der Waals surface area contributed by atoms with Crippen LogP contribution in [0.1, 0.15) is 0 Å². The first-order valence-corrected chi connectivity index (χ1v) is 14.0. The van der Waals surface area contributed by atoms with Gasteiger partial charge in [0.15, 0.2) is 0 Å². The van der Waals surface area contributed by atoms with Crippen LogP contribution in [-0.4, -0.2) is 19.9 Å². The molecule has 0 aliphatic heterocycles. The van der Waals surface area contributed by atoms with E-state index in [-0.39, 0.29) is 0 Å². The average molecular weight is 537 g/mol. The van der Waals surface area contributed by atoms with Crippen LogP contribution >= 0.6 is 0 Å². The number of pyridine rings is 4. The molecule has 0 spiro atoms. The Bertz CT molecular complexity index is 2240. The van der Waals surface area contributed by atoms with Gasteiger partial charge in [-0.25, -0.2) is 0 Å². The van der Waals surface area contributed by atoms with Gasteiger partial charge in [0.05, 0.1) is 22.2 Å². The van der Waals surface area contributed by atoms with Crippen molar-refractivity contribution in [2.75, 3.05) is 0 Å². The first kappa shape index (κ1) is 24.1. The number of rotatable bonds is 4. The zero-order valence-electron chi connectivity index (χ0n) is 22.6. The number of aromatic nitrogens is 4. The van der Waals surface area contributed by atoms with E-state index in [0.29, 0.717) is 0 Å². The summed E-state index contributed by atoms with van der Waals surface area (Å²) in [5, 5.41) is 3.25. The molecule has 0 saturated carbocycles. The molecule has 0 aliphatic carbocycles. The fourth-order valence-electron chi connectivity index (χ4n) is 5.65. The van der Waals surface area contributed by atoms with Crippen LogP contribution in [0.15, 0.2) is 146 Å². The summed E-state index contributed by atoms with van der Waals surface area (Å²) in [7, 11) is 0. The third-order valence-electron chi connectivity index (χ3n) is 7.83. The van der Waals surface area contributed by atoms with E-state index in [0.717, 1.165) is 66.2 Å². The molecule has 4 aromatic carbocycles. The Morgan fingerprint density at radius 3 is 1.88 bits per heavy atom. The summed E-state index contributed by atoms with van der Waals surface area (Å²) in [5.74, 6) is 0.